The first-order valence-electron chi connectivity index (χ1n) is 9.67. The molecule has 2 nitrogen and oxygen atoms in total. The monoisotopic (exact) mass is 351 g/mol. The maximum Gasteiger partial charge on any atom is 0.127 e. The van der Waals surface area contributed by atoms with Crippen molar-refractivity contribution in [2.45, 2.75) is 51.2 Å². The van der Waals surface area contributed by atoms with E-state index < -0.39 is 0 Å². The SMILES string of the molecule is CCOc1cc(F)cc(C2=CC3CCCC(C2)N3Cc2ccccc2)c1. The van der Waals surface area contributed by atoms with Crippen LogP contribution >= 0.6 is 0 Å². The smallest absolute Gasteiger partial charge is 0.127 e. The molecule has 0 amide bonds. The molecule has 136 valence electrons. The molecule has 2 aliphatic rings. The van der Waals surface area contributed by atoms with Crippen molar-refractivity contribution in [2.24, 2.45) is 0 Å². The molecule has 2 heterocycles. The Morgan fingerprint density at radius 3 is 2.73 bits per heavy atom. The van der Waals surface area contributed by atoms with E-state index in [0.717, 1.165) is 18.5 Å². The van der Waals surface area contributed by atoms with Gasteiger partial charge in [0.25, 0.3) is 0 Å². The van der Waals surface area contributed by atoms with Crippen LogP contribution in [0.2, 0.25) is 0 Å². The summed E-state index contributed by atoms with van der Waals surface area (Å²) in [4.78, 5) is 2.63. The highest BCUT2D eigenvalue weighted by molar-refractivity contribution is 5.69. The van der Waals surface area contributed by atoms with Crippen LogP contribution in [-0.4, -0.2) is 23.6 Å². The van der Waals surface area contributed by atoms with Gasteiger partial charge in [-0.1, -0.05) is 42.8 Å². The number of rotatable bonds is 5. The lowest BCUT2D eigenvalue weighted by Gasteiger charge is -2.45. The van der Waals surface area contributed by atoms with E-state index in [0.29, 0.717) is 24.4 Å². The third kappa shape index (κ3) is 3.68. The van der Waals surface area contributed by atoms with Crippen LogP contribution in [0.15, 0.2) is 54.6 Å². The Balaban J connectivity index is 1.60. The largest absolute Gasteiger partial charge is 0.494 e. The Morgan fingerprint density at radius 1 is 1.12 bits per heavy atom. The first kappa shape index (κ1) is 17.3. The fourth-order valence-corrected chi connectivity index (χ4v) is 4.37. The second kappa shape index (κ2) is 7.63. The number of nitrogens with zero attached hydrogens (tertiary/aromatic N) is 1. The molecule has 0 radical (unpaired) electrons. The van der Waals surface area contributed by atoms with Gasteiger partial charge < -0.3 is 4.74 Å². The maximum atomic E-state index is 14.0. The number of piperidine rings is 1. The van der Waals surface area contributed by atoms with Crippen LogP contribution in [0.5, 0.6) is 5.75 Å². The average molecular weight is 351 g/mol. The van der Waals surface area contributed by atoms with E-state index in [1.807, 2.05) is 13.0 Å². The van der Waals surface area contributed by atoms with E-state index in [4.69, 9.17) is 4.74 Å². The summed E-state index contributed by atoms with van der Waals surface area (Å²) < 4.78 is 19.6. The fourth-order valence-electron chi connectivity index (χ4n) is 4.37. The van der Waals surface area contributed by atoms with Gasteiger partial charge in [0.05, 0.1) is 6.61 Å². The number of halogens is 1. The molecule has 0 N–H and O–H groups in total. The summed E-state index contributed by atoms with van der Waals surface area (Å²) in [6.45, 7) is 3.47. The minimum absolute atomic E-state index is 0.219. The van der Waals surface area contributed by atoms with Gasteiger partial charge in [-0.15, -0.1) is 0 Å². The summed E-state index contributed by atoms with van der Waals surface area (Å²) >= 11 is 0. The second-order valence-electron chi connectivity index (χ2n) is 7.31. The first-order valence-corrected chi connectivity index (χ1v) is 9.67. The Morgan fingerprint density at radius 2 is 1.96 bits per heavy atom. The lowest BCUT2D eigenvalue weighted by molar-refractivity contribution is 0.0951. The molecular formula is C23H26FNO. The molecule has 0 aliphatic carbocycles. The van der Waals surface area contributed by atoms with E-state index in [1.54, 1.807) is 6.07 Å². The van der Waals surface area contributed by atoms with Gasteiger partial charge in [-0.2, -0.15) is 0 Å². The van der Waals surface area contributed by atoms with Gasteiger partial charge in [0.15, 0.2) is 0 Å². The third-order valence-electron chi connectivity index (χ3n) is 5.54. The van der Waals surface area contributed by atoms with E-state index >= 15 is 0 Å². The zero-order valence-corrected chi connectivity index (χ0v) is 15.3. The Kier molecular flexibility index (Phi) is 5.07. The molecule has 2 unspecified atom stereocenters. The van der Waals surface area contributed by atoms with E-state index in [2.05, 4.69) is 41.3 Å². The van der Waals surface area contributed by atoms with E-state index in [-0.39, 0.29) is 5.82 Å². The summed E-state index contributed by atoms with van der Waals surface area (Å²) in [6.07, 6.45) is 7.02. The van der Waals surface area contributed by atoms with Crippen LogP contribution in [0, 0.1) is 5.82 Å². The molecule has 2 aromatic carbocycles. The van der Waals surface area contributed by atoms with Crippen LogP contribution in [0.25, 0.3) is 5.57 Å². The molecule has 2 atom stereocenters. The third-order valence-corrected chi connectivity index (χ3v) is 5.54. The predicted molar refractivity (Wildman–Crippen MR) is 104 cm³/mol. The molecule has 1 fully saturated rings. The van der Waals surface area contributed by atoms with Crippen LogP contribution in [-0.2, 0) is 6.54 Å². The minimum Gasteiger partial charge on any atom is -0.494 e. The minimum atomic E-state index is -0.219. The normalized spacial score (nSPS) is 22.8. The van der Waals surface area contributed by atoms with Crippen LogP contribution in [0.3, 0.4) is 0 Å². The van der Waals surface area contributed by atoms with Crippen LogP contribution in [0.4, 0.5) is 4.39 Å². The second-order valence-corrected chi connectivity index (χ2v) is 7.31. The molecule has 3 heteroatoms. The van der Waals surface area contributed by atoms with Crippen molar-refractivity contribution in [2.75, 3.05) is 6.61 Å². The first-order chi connectivity index (χ1) is 12.7. The van der Waals surface area contributed by atoms with Crippen LogP contribution < -0.4 is 4.74 Å². The van der Waals surface area contributed by atoms with Gasteiger partial charge in [0.1, 0.15) is 11.6 Å². The molecule has 2 aliphatic heterocycles. The van der Waals surface area contributed by atoms with Gasteiger partial charge >= 0.3 is 0 Å². The van der Waals surface area contributed by atoms with Gasteiger partial charge in [-0.3, -0.25) is 4.90 Å². The quantitative estimate of drug-likeness (QED) is 0.712. The average Bonchev–Trinajstić information content (AvgIpc) is 2.62. The summed E-state index contributed by atoms with van der Waals surface area (Å²) in [6, 6.07) is 16.8. The van der Waals surface area contributed by atoms with Crippen molar-refractivity contribution >= 4 is 5.57 Å². The van der Waals surface area contributed by atoms with Crippen molar-refractivity contribution < 1.29 is 9.13 Å². The van der Waals surface area contributed by atoms with Gasteiger partial charge in [-0.05, 0) is 55.0 Å². The highest BCUT2D eigenvalue weighted by Gasteiger charge is 2.34. The van der Waals surface area contributed by atoms with Crippen molar-refractivity contribution in [1.82, 2.24) is 4.90 Å². The predicted octanol–water partition coefficient (Wildman–Crippen LogP) is 5.43. The topological polar surface area (TPSA) is 12.5 Å². The highest BCUT2D eigenvalue weighted by atomic mass is 19.1. The van der Waals surface area contributed by atoms with Crippen LogP contribution in [0.1, 0.15) is 43.7 Å². The van der Waals surface area contributed by atoms with Gasteiger partial charge in [0.2, 0.25) is 0 Å². The zero-order valence-electron chi connectivity index (χ0n) is 15.3. The number of hydrogen-bond acceptors (Lipinski definition) is 2. The summed E-state index contributed by atoms with van der Waals surface area (Å²) in [5, 5.41) is 0. The van der Waals surface area contributed by atoms with Crippen molar-refractivity contribution in [3.05, 3.63) is 71.6 Å². The number of hydrogen-bond donors (Lipinski definition) is 0. The number of ether oxygens (including phenoxy) is 1. The molecule has 2 aromatic rings. The van der Waals surface area contributed by atoms with Crippen molar-refractivity contribution in [1.29, 1.82) is 0 Å². The number of benzene rings is 2. The van der Waals surface area contributed by atoms with Crippen molar-refractivity contribution in [3.63, 3.8) is 0 Å². The Bertz CT molecular complexity index is 786. The van der Waals surface area contributed by atoms with Crippen molar-refractivity contribution in [3.8, 4) is 5.75 Å². The lowest BCUT2D eigenvalue weighted by Crippen LogP contribution is -2.47. The number of fused-ring (bicyclic) bond motifs is 2. The summed E-state index contributed by atoms with van der Waals surface area (Å²) in [5.74, 6) is 0.406. The lowest BCUT2D eigenvalue weighted by atomic mass is 9.82. The fraction of sp³-hybridized carbons (Fsp3) is 0.391. The molecule has 0 aromatic heterocycles. The van der Waals surface area contributed by atoms with Gasteiger partial charge in [-0.25, -0.2) is 4.39 Å². The standard InChI is InChI=1S/C23H26FNO/c1-2-26-23-14-18(11-20(24)15-23)19-12-21-9-6-10-22(13-19)25(21)16-17-7-4-3-5-8-17/h3-5,7-8,11-12,14-15,21-22H,2,6,9-10,13,16H2,1H3. The summed E-state index contributed by atoms with van der Waals surface area (Å²) in [5.41, 5.74) is 3.61. The van der Waals surface area contributed by atoms with E-state index in [9.17, 15) is 4.39 Å². The Hall–Kier alpha value is -2.13. The van der Waals surface area contributed by atoms with Gasteiger partial charge in [0, 0.05) is 24.7 Å². The maximum absolute atomic E-state index is 14.0. The molecule has 4 rings (SSSR count). The molecule has 26 heavy (non-hydrogen) atoms. The zero-order chi connectivity index (χ0) is 17.9. The molecule has 1 saturated heterocycles. The highest BCUT2D eigenvalue weighted by Crippen LogP contribution is 2.38. The molecule has 0 spiro atoms. The molecule has 2 bridgehead atoms. The molecular weight excluding hydrogens is 325 g/mol. The van der Waals surface area contributed by atoms with E-state index in [1.165, 1.54) is 36.5 Å². The Labute approximate surface area is 155 Å². The summed E-state index contributed by atoms with van der Waals surface area (Å²) in [7, 11) is 0. The molecule has 0 saturated carbocycles.